The molecule has 1 aromatic heterocycles. The summed E-state index contributed by atoms with van der Waals surface area (Å²) in [7, 11) is 1.67. The molecule has 1 heterocycles. The van der Waals surface area contributed by atoms with Crippen molar-refractivity contribution in [2.45, 2.75) is 19.5 Å². The number of methoxy groups -OCH3 is 1. The summed E-state index contributed by atoms with van der Waals surface area (Å²) in [5, 5.41) is 3.41. The summed E-state index contributed by atoms with van der Waals surface area (Å²) in [5.74, 6) is 0.857. The molecule has 0 radical (unpaired) electrons. The molecule has 0 fully saturated rings. The lowest BCUT2D eigenvalue weighted by Crippen LogP contribution is -2.27. The third-order valence-electron chi connectivity index (χ3n) is 3.30. The SMILES string of the molecule is COc1cccc([C@H](C)NCCn2ccccc2=O)c1. The average molecular weight is 272 g/mol. The molecule has 0 saturated heterocycles. The molecule has 0 aliphatic heterocycles. The molecule has 0 saturated carbocycles. The Morgan fingerprint density at radius 3 is 2.85 bits per heavy atom. The topological polar surface area (TPSA) is 43.3 Å². The first kappa shape index (κ1) is 14.3. The maximum Gasteiger partial charge on any atom is 0.250 e. The number of rotatable bonds is 6. The monoisotopic (exact) mass is 272 g/mol. The number of benzene rings is 1. The number of ether oxygens (including phenoxy) is 1. The van der Waals surface area contributed by atoms with Crippen LogP contribution < -0.4 is 15.6 Å². The Morgan fingerprint density at radius 2 is 2.10 bits per heavy atom. The van der Waals surface area contributed by atoms with Crippen molar-refractivity contribution in [3.63, 3.8) is 0 Å². The number of nitrogens with one attached hydrogen (secondary N) is 1. The largest absolute Gasteiger partial charge is 0.497 e. The Morgan fingerprint density at radius 1 is 1.25 bits per heavy atom. The molecule has 2 rings (SSSR count). The quantitative estimate of drug-likeness (QED) is 0.876. The summed E-state index contributed by atoms with van der Waals surface area (Å²) < 4.78 is 6.92. The van der Waals surface area contributed by atoms with Gasteiger partial charge in [-0.3, -0.25) is 4.79 Å². The number of hydrogen-bond acceptors (Lipinski definition) is 3. The van der Waals surface area contributed by atoms with Gasteiger partial charge in [-0.15, -0.1) is 0 Å². The van der Waals surface area contributed by atoms with Gasteiger partial charge in [0.05, 0.1) is 7.11 Å². The van der Waals surface area contributed by atoms with Gasteiger partial charge in [0, 0.05) is 31.4 Å². The van der Waals surface area contributed by atoms with Gasteiger partial charge in [0.25, 0.3) is 5.56 Å². The summed E-state index contributed by atoms with van der Waals surface area (Å²) in [5.41, 5.74) is 1.20. The van der Waals surface area contributed by atoms with E-state index in [4.69, 9.17) is 4.74 Å². The third-order valence-corrected chi connectivity index (χ3v) is 3.30. The van der Waals surface area contributed by atoms with Crippen molar-refractivity contribution in [3.05, 3.63) is 64.6 Å². The first-order chi connectivity index (χ1) is 9.70. The molecule has 1 aromatic carbocycles. The first-order valence-electron chi connectivity index (χ1n) is 6.73. The van der Waals surface area contributed by atoms with Gasteiger partial charge < -0.3 is 14.6 Å². The summed E-state index contributed by atoms with van der Waals surface area (Å²) in [6, 6.07) is 13.4. The van der Waals surface area contributed by atoms with Crippen LogP contribution in [0.2, 0.25) is 0 Å². The first-order valence-corrected chi connectivity index (χ1v) is 6.73. The minimum atomic E-state index is 0.0309. The molecule has 0 unspecified atom stereocenters. The van der Waals surface area contributed by atoms with Crippen LogP contribution in [0.4, 0.5) is 0 Å². The zero-order valence-electron chi connectivity index (χ0n) is 11.9. The lowest BCUT2D eigenvalue weighted by molar-refractivity contribution is 0.413. The van der Waals surface area contributed by atoms with Crippen LogP contribution >= 0.6 is 0 Å². The predicted molar refractivity (Wildman–Crippen MR) is 80.1 cm³/mol. The second kappa shape index (κ2) is 6.91. The minimum absolute atomic E-state index is 0.0309. The number of hydrogen-bond donors (Lipinski definition) is 1. The van der Waals surface area contributed by atoms with Crippen LogP contribution in [0.3, 0.4) is 0 Å². The highest BCUT2D eigenvalue weighted by atomic mass is 16.5. The Kier molecular flexibility index (Phi) is 4.96. The van der Waals surface area contributed by atoms with Crippen molar-refractivity contribution >= 4 is 0 Å². The Balaban J connectivity index is 1.90. The van der Waals surface area contributed by atoms with Crippen molar-refractivity contribution < 1.29 is 4.74 Å². The molecular formula is C16H20N2O2. The molecule has 4 heteroatoms. The van der Waals surface area contributed by atoms with Gasteiger partial charge in [-0.25, -0.2) is 0 Å². The van der Waals surface area contributed by atoms with Crippen LogP contribution in [0.5, 0.6) is 5.75 Å². The van der Waals surface area contributed by atoms with E-state index in [9.17, 15) is 4.79 Å². The second-order valence-electron chi connectivity index (χ2n) is 4.68. The lowest BCUT2D eigenvalue weighted by Gasteiger charge is -2.15. The van der Waals surface area contributed by atoms with Crippen LogP contribution in [-0.4, -0.2) is 18.2 Å². The molecular weight excluding hydrogens is 252 g/mol. The number of aromatic nitrogens is 1. The number of pyridine rings is 1. The van der Waals surface area contributed by atoms with Crippen LogP contribution in [0, 0.1) is 0 Å². The highest BCUT2D eigenvalue weighted by Gasteiger charge is 2.05. The highest BCUT2D eigenvalue weighted by Crippen LogP contribution is 2.18. The third kappa shape index (κ3) is 3.71. The Hall–Kier alpha value is -2.07. The molecule has 106 valence electrons. The maximum atomic E-state index is 11.6. The van der Waals surface area contributed by atoms with Crippen molar-refractivity contribution in [2.24, 2.45) is 0 Å². The molecule has 4 nitrogen and oxygen atoms in total. The number of nitrogens with zero attached hydrogens (tertiary/aromatic N) is 1. The van der Waals surface area contributed by atoms with Crippen LogP contribution in [0.25, 0.3) is 0 Å². The summed E-state index contributed by atoms with van der Waals surface area (Å²) in [6.07, 6.45) is 1.81. The molecule has 0 spiro atoms. The van der Waals surface area contributed by atoms with Crippen molar-refractivity contribution in [2.75, 3.05) is 13.7 Å². The van der Waals surface area contributed by atoms with E-state index in [2.05, 4.69) is 18.3 Å². The van der Waals surface area contributed by atoms with Gasteiger partial charge >= 0.3 is 0 Å². The van der Waals surface area contributed by atoms with Gasteiger partial charge in [0.15, 0.2) is 0 Å². The van der Waals surface area contributed by atoms with Crippen LogP contribution in [0.15, 0.2) is 53.5 Å². The van der Waals surface area contributed by atoms with Crippen molar-refractivity contribution in [1.82, 2.24) is 9.88 Å². The Labute approximate surface area is 119 Å². The lowest BCUT2D eigenvalue weighted by atomic mass is 10.1. The fraction of sp³-hybridized carbons (Fsp3) is 0.312. The molecule has 1 N–H and O–H groups in total. The predicted octanol–water partition coefficient (Wildman–Crippen LogP) is 2.21. The Bertz CT molecular complexity index is 607. The van der Waals surface area contributed by atoms with E-state index in [0.717, 1.165) is 12.3 Å². The van der Waals surface area contributed by atoms with E-state index in [1.807, 2.05) is 24.3 Å². The summed E-state index contributed by atoms with van der Waals surface area (Å²) in [4.78, 5) is 11.6. The molecule has 20 heavy (non-hydrogen) atoms. The van der Waals surface area contributed by atoms with Gasteiger partial charge in [0.2, 0.25) is 0 Å². The van der Waals surface area contributed by atoms with Gasteiger partial charge in [0.1, 0.15) is 5.75 Å². The van der Waals surface area contributed by atoms with Gasteiger partial charge in [-0.2, -0.15) is 0 Å². The van der Waals surface area contributed by atoms with E-state index in [1.54, 1.807) is 30.0 Å². The maximum absolute atomic E-state index is 11.6. The molecule has 0 aliphatic rings. The van der Waals surface area contributed by atoms with E-state index in [-0.39, 0.29) is 11.6 Å². The van der Waals surface area contributed by atoms with E-state index >= 15 is 0 Å². The summed E-state index contributed by atoms with van der Waals surface area (Å²) >= 11 is 0. The highest BCUT2D eigenvalue weighted by molar-refractivity contribution is 5.30. The fourth-order valence-electron chi connectivity index (χ4n) is 2.08. The van der Waals surface area contributed by atoms with E-state index in [1.165, 1.54) is 5.56 Å². The second-order valence-corrected chi connectivity index (χ2v) is 4.68. The van der Waals surface area contributed by atoms with Crippen LogP contribution in [0.1, 0.15) is 18.5 Å². The smallest absolute Gasteiger partial charge is 0.250 e. The van der Waals surface area contributed by atoms with E-state index < -0.39 is 0 Å². The van der Waals surface area contributed by atoms with E-state index in [0.29, 0.717) is 6.54 Å². The molecule has 2 aromatic rings. The molecule has 0 bridgehead atoms. The van der Waals surface area contributed by atoms with Crippen molar-refractivity contribution in [3.8, 4) is 5.75 Å². The van der Waals surface area contributed by atoms with Crippen molar-refractivity contribution in [1.29, 1.82) is 0 Å². The van der Waals surface area contributed by atoms with Gasteiger partial charge in [-0.1, -0.05) is 18.2 Å². The average Bonchev–Trinajstić information content (AvgIpc) is 2.49. The van der Waals surface area contributed by atoms with Gasteiger partial charge in [-0.05, 0) is 30.7 Å². The zero-order valence-corrected chi connectivity index (χ0v) is 11.9. The molecule has 0 amide bonds. The van der Waals surface area contributed by atoms with Crippen LogP contribution in [-0.2, 0) is 6.54 Å². The zero-order chi connectivity index (χ0) is 14.4. The summed E-state index contributed by atoms with van der Waals surface area (Å²) in [6.45, 7) is 3.50. The minimum Gasteiger partial charge on any atom is -0.497 e. The molecule has 0 aliphatic carbocycles. The normalized spacial score (nSPS) is 12.1. The standard InChI is InChI=1S/C16H20N2O2/c1-13(14-6-5-7-15(12-14)20-2)17-9-11-18-10-4-3-8-16(18)19/h3-8,10,12-13,17H,9,11H2,1-2H3/t13-/m0/s1. The fourth-order valence-corrected chi connectivity index (χ4v) is 2.08. The molecule has 1 atom stereocenters.